The van der Waals surface area contributed by atoms with Gasteiger partial charge < -0.3 is 4.90 Å². The summed E-state index contributed by atoms with van der Waals surface area (Å²) in [5, 5.41) is 2.96. The lowest BCUT2D eigenvalue weighted by Gasteiger charge is -2.33. The summed E-state index contributed by atoms with van der Waals surface area (Å²) >= 11 is 1.61. The third-order valence-electron chi connectivity index (χ3n) is 3.82. The first-order valence-electron chi connectivity index (χ1n) is 7.56. The van der Waals surface area contributed by atoms with Gasteiger partial charge in [-0.1, -0.05) is 24.0 Å². The quantitative estimate of drug-likeness (QED) is 0.731. The lowest BCUT2D eigenvalue weighted by molar-refractivity contribution is -0.137. The van der Waals surface area contributed by atoms with Crippen molar-refractivity contribution in [2.45, 2.75) is 6.18 Å². The predicted octanol–water partition coefficient (Wildman–Crippen LogP) is 3.76. The monoisotopic (exact) mass is 387 g/mol. The Morgan fingerprint density at radius 2 is 1.84 bits per heavy atom. The summed E-state index contributed by atoms with van der Waals surface area (Å²) in [5.41, 5.74) is -0.641. The van der Waals surface area contributed by atoms with Crippen LogP contribution >= 0.6 is 23.7 Å². The van der Waals surface area contributed by atoms with Gasteiger partial charge in [-0.3, -0.25) is 4.90 Å². The highest BCUT2D eigenvalue weighted by Gasteiger charge is 2.32. The molecule has 1 fully saturated rings. The molecule has 3 rings (SSSR count). The van der Waals surface area contributed by atoms with Crippen molar-refractivity contribution in [1.82, 2.24) is 9.88 Å². The number of hydrogen-bond acceptors (Lipinski definition) is 4. The van der Waals surface area contributed by atoms with Gasteiger partial charge in [-0.05, 0) is 12.1 Å². The van der Waals surface area contributed by atoms with Crippen molar-refractivity contribution in [2.24, 2.45) is 0 Å². The van der Waals surface area contributed by atoms with Crippen molar-refractivity contribution in [3.05, 3.63) is 47.0 Å². The molecular weight excluding hydrogens is 371 g/mol. The molecule has 2 heterocycles. The van der Waals surface area contributed by atoms with Gasteiger partial charge in [-0.25, -0.2) is 4.98 Å². The van der Waals surface area contributed by atoms with Crippen LogP contribution in [-0.2, 0) is 6.18 Å². The minimum absolute atomic E-state index is 0. The van der Waals surface area contributed by atoms with Crippen LogP contribution in [0.25, 0.3) is 0 Å². The minimum Gasteiger partial charge on any atom is -0.346 e. The summed E-state index contributed by atoms with van der Waals surface area (Å²) in [6.07, 6.45) is -2.58. The molecule has 1 aromatic carbocycles. The molecular formula is C17H17ClF3N3S. The van der Waals surface area contributed by atoms with Crippen molar-refractivity contribution in [3.63, 3.8) is 0 Å². The van der Waals surface area contributed by atoms with E-state index in [1.54, 1.807) is 23.6 Å². The molecule has 25 heavy (non-hydrogen) atoms. The van der Waals surface area contributed by atoms with E-state index in [4.69, 9.17) is 0 Å². The summed E-state index contributed by atoms with van der Waals surface area (Å²) in [4.78, 5) is 8.65. The van der Waals surface area contributed by atoms with Gasteiger partial charge in [0.15, 0.2) is 5.13 Å². The molecule has 0 aliphatic carbocycles. The van der Waals surface area contributed by atoms with Gasteiger partial charge in [-0.15, -0.1) is 23.7 Å². The zero-order valence-electron chi connectivity index (χ0n) is 13.3. The van der Waals surface area contributed by atoms with Crippen LogP contribution in [0.2, 0.25) is 0 Å². The van der Waals surface area contributed by atoms with E-state index in [1.165, 1.54) is 12.1 Å². The maximum Gasteiger partial charge on any atom is 0.417 e. The summed E-state index contributed by atoms with van der Waals surface area (Å²) in [7, 11) is 0. The SMILES string of the molecule is Cl.FC(F)(F)c1ccccc1C#CCN1CCN(c2nccs2)CC1. The average Bonchev–Trinajstić information content (AvgIpc) is 3.09. The largest absolute Gasteiger partial charge is 0.417 e. The fourth-order valence-electron chi connectivity index (χ4n) is 2.56. The highest BCUT2D eigenvalue weighted by atomic mass is 35.5. The van der Waals surface area contributed by atoms with E-state index in [9.17, 15) is 13.2 Å². The first kappa shape index (κ1) is 19.6. The Morgan fingerprint density at radius 3 is 2.48 bits per heavy atom. The van der Waals surface area contributed by atoms with Crippen molar-refractivity contribution in [3.8, 4) is 11.8 Å². The Labute approximate surface area is 154 Å². The van der Waals surface area contributed by atoms with Crippen LogP contribution in [-0.4, -0.2) is 42.6 Å². The molecule has 2 aromatic rings. The summed E-state index contributed by atoms with van der Waals surface area (Å²) in [5.74, 6) is 5.55. The number of piperazine rings is 1. The molecule has 0 unspecified atom stereocenters. The maximum absolute atomic E-state index is 12.9. The van der Waals surface area contributed by atoms with Gasteiger partial charge >= 0.3 is 6.18 Å². The van der Waals surface area contributed by atoms with E-state index in [-0.39, 0.29) is 18.0 Å². The lowest BCUT2D eigenvalue weighted by Crippen LogP contribution is -2.46. The highest BCUT2D eigenvalue weighted by molar-refractivity contribution is 7.13. The van der Waals surface area contributed by atoms with Crippen LogP contribution in [0, 0.1) is 11.8 Å². The lowest BCUT2D eigenvalue weighted by atomic mass is 10.1. The van der Waals surface area contributed by atoms with E-state index >= 15 is 0 Å². The molecule has 1 saturated heterocycles. The number of rotatable bonds is 2. The minimum atomic E-state index is -4.37. The van der Waals surface area contributed by atoms with Gasteiger partial charge in [0.25, 0.3) is 0 Å². The number of anilines is 1. The molecule has 0 saturated carbocycles. The molecule has 1 aliphatic rings. The van der Waals surface area contributed by atoms with Crippen LogP contribution in [0.3, 0.4) is 0 Å². The van der Waals surface area contributed by atoms with Gasteiger partial charge in [0.05, 0.1) is 12.1 Å². The van der Waals surface area contributed by atoms with Gasteiger partial charge in [-0.2, -0.15) is 13.2 Å². The molecule has 1 aromatic heterocycles. The van der Waals surface area contributed by atoms with E-state index in [0.717, 1.165) is 37.4 Å². The van der Waals surface area contributed by atoms with E-state index in [2.05, 4.69) is 26.6 Å². The number of thiazole rings is 1. The van der Waals surface area contributed by atoms with E-state index in [0.29, 0.717) is 6.54 Å². The molecule has 0 amide bonds. The topological polar surface area (TPSA) is 19.4 Å². The van der Waals surface area contributed by atoms with Gasteiger partial charge in [0, 0.05) is 43.3 Å². The van der Waals surface area contributed by atoms with Gasteiger partial charge in [0.2, 0.25) is 0 Å². The number of hydrogen-bond donors (Lipinski definition) is 0. The number of benzene rings is 1. The Hall–Kier alpha value is -1.75. The summed E-state index contributed by atoms with van der Waals surface area (Å²) in [6, 6.07) is 5.44. The Morgan fingerprint density at radius 1 is 1.12 bits per heavy atom. The third kappa shape index (κ3) is 5.11. The zero-order valence-corrected chi connectivity index (χ0v) is 14.9. The molecule has 8 heteroatoms. The number of alkyl halides is 3. The first-order valence-corrected chi connectivity index (χ1v) is 8.44. The normalized spacial score (nSPS) is 15.2. The van der Waals surface area contributed by atoms with Crippen LogP contribution in [0.4, 0.5) is 18.3 Å². The zero-order chi connectivity index (χ0) is 17.0. The molecule has 0 N–H and O–H groups in total. The Balaban J connectivity index is 0.00000225. The van der Waals surface area contributed by atoms with E-state index < -0.39 is 11.7 Å². The molecule has 0 bridgehead atoms. The molecule has 0 atom stereocenters. The molecule has 3 nitrogen and oxygen atoms in total. The second-order valence-electron chi connectivity index (χ2n) is 5.42. The van der Waals surface area contributed by atoms with Crippen LogP contribution in [0.5, 0.6) is 0 Å². The number of aromatic nitrogens is 1. The fraction of sp³-hybridized carbons (Fsp3) is 0.353. The van der Waals surface area contributed by atoms with Crippen molar-refractivity contribution in [2.75, 3.05) is 37.6 Å². The van der Waals surface area contributed by atoms with Gasteiger partial charge in [0.1, 0.15) is 0 Å². The standard InChI is InChI=1S/C17H16F3N3S.ClH/c18-17(19,20)15-6-2-1-4-14(15)5-3-8-22-9-11-23(12-10-22)16-21-7-13-24-16;/h1-2,4,6-7,13H,8-12H2;1H. The third-order valence-corrected chi connectivity index (χ3v) is 4.65. The van der Waals surface area contributed by atoms with Crippen molar-refractivity contribution in [1.29, 1.82) is 0 Å². The van der Waals surface area contributed by atoms with Crippen LogP contribution in [0.15, 0.2) is 35.8 Å². The second-order valence-corrected chi connectivity index (χ2v) is 6.30. The Kier molecular flexibility index (Phi) is 6.71. The van der Waals surface area contributed by atoms with Crippen molar-refractivity contribution < 1.29 is 13.2 Å². The van der Waals surface area contributed by atoms with Crippen molar-refractivity contribution >= 4 is 28.9 Å². The van der Waals surface area contributed by atoms with Crippen LogP contribution in [0.1, 0.15) is 11.1 Å². The molecule has 134 valence electrons. The van der Waals surface area contributed by atoms with E-state index in [1.807, 2.05) is 5.38 Å². The predicted molar refractivity (Wildman–Crippen MR) is 96.3 cm³/mol. The number of halogens is 4. The smallest absolute Gasteiger partial charge is 0.346 e. The Bertz CT molecular complexity index is 730. The average molecular weight is 388 g/mol. The number of nitrogens with zero attached hydrogens (tertiary/aromatic N) is 3. The molecule has 0 radical (unpaired) electrons. The second kappa shape index (κ2) is 8.56. The molecule has 1 aliphatic heterocycles. The maximum atomic E-state index is 12.9. The molecule has 0 spiro atoms. The summed E-state index contributed by atoms with van der Waals surface area (Å²) < 4.78 is 38.8. The summed E-state index contributed by atoms with van der Waals surface area (Å²) in [6.45, 7) is 3.84. The first-order chi connectivity index (χ1) is 11.5. The fourth-order valence-corrected chi connectivity index (χ4v) is 3.25. The highest BCUT2D eigenvalue weighted by Crippen LogP contribution is 2.31. The van der Waals surface area contributed by atoms with Crippen LogP contribution < -0.4 is 4.90 Å².